The first-order valence-electron chi connectivity index (χ1n) is 4.97. The minimum Gasteiger partial charge on any atom is -0.329 e. The molecule has 0 amide bonds. The van der Waals surface area contributed by atoms with Crippen LogP contribution in [0.2, 0.25) is 0 Å². The molecule has 0 saturated carbocycles. The lowest BCUT2D eigenvalue weighted by atomic mass is 10.0. The van der Waals surface area contributed by atoms with Crippen molar-refractivity contribution in [3.05, 3.63) is 35.6 Å². The second kappa shape index (κ2) is 5.73. The van der Waals surface area contributed by atoms with Gasteiger partial charge in [0.15, 0.2) is 0 Å². The van der Waals surface area contributed by atoms with Gasteiger partial charge in [-0.05, 0) is 12.5 Å². The number of hydrogen-bond donors (Lipinski definition) is 2. The minimum atomic E-state index is -0.149. The molecule has 0 aliphatic rings. The van der Waals surface area contributed by atoms with E-state index in [1.165, 1.54) is 6.07 Å². The second-order valence-corrected chi connectivity index (χ2v) is 3.23. The van der Waals surface area contributed by atoms with Crippen LogP contribution in [0.4, 0.5) is 4.39 Å². The van der Waals surface area contributed by atoms with Crippen molar-refractivity contribution in [3.63, 3.8) is 0 Å². The molecule has 0 aromatic heterocycles. The van der Waals surface area contributed by atoms with E-state index in [4.69, 9.17) is 5.73 Å². The Bertz CT molecular complexity index is 276. The predicted octanol–water partition coefficient (Wildman–Crippen LogP) is 1.83. The summed E-state index contributed by atoms with van der Waals surface area (Å²) in [5.74, 6) is -0.149. The third kappa shape index (κ3) is 2.79. The van der Waals surface area contributed by atoms with Gasteiger partial charge in [-0.15, -0.1) is 0 Å². The summed E-state index contributed by atoms with van der Waals surface area (Å²) in [6.45, 7) is 3.32. The molecule has 0 saturated heterocycles. The molecular weight excluding hydrogens is 179 g/mol. The highest BCUT2D eigenvalue weighted by molar-refractivity contribution is 5.20. The maximum atomic E-state index is 13.4. The van der Waals surface area contributed by atoms with Crippen molar-refractivity contribution in [2.45, 2.75) is 19.4 Å². The maximum Gasteiger partial charge on any atom is 0.127 e. The van der Waals surface area contributed by atoms with Crippen LogP contribution in [0.15, 0.2) is 24.3 Å². The first-order valence-corrected chi connectivity index (χ1v) is 4.97. The molecule has 0 aliphatic carbocycles. The molecule has 1 aromatic rings. The summed E-state index contributed by atoms with van der Waals surface area (Å²) in [6, 6.07) is 6.93. The number of rotatable bonds is 5. The van der Waals surface area contributed by atoms with Gasteiger partial charge in [0.05, 0.1) is 0 Å². The number of nitrogens with two attached hydrogens (primary N) is 1. The molecular formula is C11H17FN2. The molecule has 0 spiro atoms. The molecule has 1 unspecified atom stereocenters. The van der Waals surface area contributed by atoms with Gasteiger partial charge in [0.25, 0.3) is 0 Å². The van der Waals surface area contributed by atoms with Crippen molar-refractivity contribution >= 4 is 0 Å². The zero-order valence-corrected chi connectivity index (χ0v) is 8.46. The van der Waals surface area contributed by atoms with E-state index in [1.807, 2.05) is 19.1 Å². The van der Waals surface area contributed by atoms with E-state index in [-0.39, 0.29) is 11.9 Å². The van der Waals surface area contributed by atoms with Gasteiger partial charge in [0, 0.05) is 24.7 Å². The first kappa shape index (κ1) is 11.1. The third-order valence-electron chi connectivity index (χ3n) is 2.22. The first-order chi connectivity index (χ1) is 6.79. The van der Waals surface area contributed by atoms with E-state index in [0.29, 0.717) is 13.1 Å². The van der Waals surface area contributed by atoms with Gasteiger partial charge >= 0.3 is 0 Å². The summed E-state index contributed by atoms with van der Waals surface area (Å²) in [4.78, 5) is 0. The van der Waals surface area contributed by atoms with Gasteiger partial charge in [-0.3, -0.25) is 0 Å². The maximum absolute atomic E-state index is 13.4. The van der Waals surface area contributed by atoms with Crippen LogP contribution >= 0.6 is 0 Å². The Morgan fingerprint density at radius 3 is 2.71 bits per heavy atom. The van der Waals surface area contributed by atoms with Crippen LogP contribution in [0.1, 0.15) is 24.9 Å². The monoisotopic (exact) mass is 196 g/mol. The van der Waals surface area contributed by atoms with Gasteiger partial charge in [-0.1, -0.05) is 25.1 Å². The topological polar surface area (TPSA) is 38.0 Å². The molecule has 14 heavy (non-hydrogen) atoms. The number of benzene rings is 1. The summed E-state index contributed by atoms with van der Waals surface area (Å²) >= 11 is 0. The van der Waals surface area contributed by atoms with Crippen molar-refractivity contribution in [2.75, 3.05) is 13.1 Å². The standard InChI is InChI=1S/C11H17FN2/c1-2-11(14-8-7-13)9-5-3-4-6-10(9)12/h3-6,11,14H,2,7-8,13H2,1H3. The fourth-order valence-corrected chi connectivity index (χ4v) is 1.49. The molecule has 78 valence electrons. The van der Waals surface area contributed by atoms with Crippen LogP contribution in [0.25, 0.3) is 0 Å². The lowest BCUT2D eigenvalue weighted by Crippen LogP contribution is -2.27. The summed E-state index contributed by atoms with van der Waals surface area (Å²) in [5.41, 5.74) is 6.12. The Kier molecular flexibility index (Phi) is 4.56. The molecule has 1 rings (SSSR count). The normalized spacial score (nSPS) is 12.8. The molecule has 0 radical (unpaired) electrons. The lowest BCUT2D eigenvalue weighted by Gasteiger charge is -2.17. The Balaban J connectivity index is 2.73. The summed E-state index contributed by atoms with van der Waals surface area (Å²) in [7, 11) is 0. The summed E-state index contributed by atoms with van der Waals surface area (Å²) < 4.78 is 13.4. The molecule has 1 aromatic carbocycles. The van der Waals surface area contributed by atoms with Crippen molar-refractivity contribution in [3.8, 4) is 0 Å². The second-order valence-electron chi connectivity index (χ2n) is 3.23. The molecule has 0 heterocycles. The highest BCUT2D eigenvalue weighted by Crippen LogP contribution is 2.19. The Labute approximate surface area is 84.3 Å². The molecule has 0 bridgehead atoms. The molecule has 2 nitrogen and oxygen atoms in total. The van der Waals surface area contributed by atoms with Crippen LogP contribution in [0, 0.1) is 5.82 Å². The molecule has 0 fully saturated rings. The molecule has 3 heteroatoms. The van der Waals surface area contributed by atoms with Crippen LogP contribution in [-0.4, -0.2) is 13.1 Å². The van der Waals surface area contributed by atoms with Crippen molar-refractivity contribution in [2.24, 2.45) is 5.73 Å². The van der Waals surface area contributed by atoms with Crippen molar-refractivity contribution < 1.29 is 4.39 Å². The highest BCUT2D eigenvalue weighted by Gasteiger charge is 2.11. The smallest absolute Gasteiger partial charge is 0.127 e. The van der Waals surface area contributed by atoms with E-state index in [2.05, 4.69) is 5.32 Å². The predicted molar refractivity (Wildman–Crippen MR) is 56.5 cm³/mol. The van der Waals surface area contributed by atoms with Gasteiger partial charge in [-0.2, -0.15) is 0 Å². The Hall–Kier alpha value is -0.930. The lowest BCUT2D eigenvalue weighted by molar-refractivity contribution is 0.494. The Morgan fingerprint density at radius 1 is 1.43 bits per heavy atom. The van der Waals surface area contributed by atoms with Crippen LogP contribution in [0.3, 0.4) is 0 Å². The minimum absolute atomic E-state index is 0.0692. The average Bonchev–Trinajstić information content (AvgIpc) is 2.21. The zero-order valence-electron chi connectivity index (χ0n) is 8.46. The number of halogens is 1. The molecule has 0 aliphatic heterocycles. The quantitative estimate of drug-likeness (QED) is 0.754. The van der Waals surface area contributed by atoms with E-state index in [0.717, 1.165) is 12.0 Å². The zero-order chi connectivity index (χ0) is 10.4. The van der Waals surface area contributed by atoms with Crippen molar-refractivity contribution in [1.82, 2.24) is 5.32 Å². The third-order valence-corrected chi connectivity index (χ3v) is 2.22. The van der Waals surface area contributed by atoms with Gasteiger partial charge in [-0.25, -0.2) is 4.39 Å². The Morgan fingerprint density at radius 2 is 2.14 bits per heavy atom. The van der Waals surface area contributed by atoms with E-state index < -0.39 is 0 Å². The number of hydrogen-bond acceptors (Lipinski definition) is 2. The average molecular weight is 196 g/mol. The van der Waals surface area contributed by atoms with Gasteiger partial charge in [0.2, 0.25) is 0 Å². The molecule has 3 N–H and O–H groups in total. The number of nitrogens with one attached hydrogen (secondary N) is 1. The fraction of sp³-hybridized carbons (Fsp3) is 0.455. The largest absolute Gasteiger partial charge is 0.329 e. The van der Waals surface area contributed by atoms with Crippen LogP contribution in [0.5, 0.6) is 0 Å². The SMILES string of the molecule is CCC(NCCN)c1ccccc1F. The van der Waals surface area contributed by atoms with E-state index in [1.54, 1.807) is 6.07 Å². The fourth-order valence-electron chi connectivity index (χ4n) is 1.49. The highest BCUT2D eigenvalue weighted by atomic mass is 19.1. The van der Waals surface area contributed by atoms with Gasteiger partial charge < -0.3 is 11.1 Å². The van der Waals surface area contributed by atoms with Gasteiger partial charge in [0.1, 0.15) is 5.82 Å². The van der Waals surface area contributed by atoms with E-state index >= 15 is 0 Å². The van der Waals surface area contributed by atoms with Crippen LogP contribution in [-0.2, 0) is 0 Å². The summed E-state index contributed by atoms with van der Waals surface area (Å²) in [5, 5.41) is 3.21. The van der Waals surface area contributed by atoms with E-state index in [9.17, 15) is 4.39 Å². The molecule has 1 atom stereocenters. The summed E-state index contributed by atoms with van der Waals surface area (Å²) in [6.07, 6.45) is 0.862. The van der Waals surface area contributed by atoms with Crippen LogP contribution < -0.4 is 11.1 Å². The van der Waals surface area contributed by atoms with Crippen molar-refractivity contribution in [1.29, 1.82) is 0 Å².